The summed E-state index contributed by atoms with van der Waals surface area (Å²) in [5.74, 6) is 0.215. The van der Waals surface area contributed by atoms with Crippen LogP contribution < -0.4 is 15.6 Å². The largest absolute Gasteiger partial charge is 0.497 e. The SMILES string of the molecule is COc1ccc2oc(=NO)c(C(=O)Nc3cccc(C)c3C)cc2c1. The molecule has 3 rings (SSSR count). The van der Waals surface area contributed by atoms with Crippen LogP contribution in [0.2, 0.25) is 0 Å². The Morgan fingerprint density at radius 2 is 2.00 bits per heavy atom. The number of nitrogens with zero attached hydrogens (tertiary/aromatic N) is 1. The fraction of sp³-hybridized carbons (Fsp3) is 0.158. The number of methoxy groups -OCH3 is 1. The number of benzene rings is 2. The van der Waals surface area contributed by atoms with Gasteiger partial charge in [-0.1, -0.05) is 12.1 Å². The summed E-state index contributed by atoms with van der Waals surface area (Å²) in [4.78, 5) is 12.7. The number of anilines is 1. The predicted octanol–water partition coefficient (Wildman–Crippen LogP) is 3.60. The maximum absolute atomic E-state index is 12.7. The fourth-order valence-corrected chi connectivity index (χ4v) is 2.55. The highest BCUT2D eigenvalue weighted by atomic mass is 16.5. The Hall–Kier alpha value is -3.28. The molecule has 25 heavy (non-hydrogen) atoms. The standard InChI is InChI=1S/C19H18N2O4/c1-11-5-4-6-16(12(11)2)20-18(22)15-10-13-9-14(24-3)7-8-17(13)25-19(15)21-23/h4-10,23H,1-3H3,(H,20,22). The molecule has 6 heteroatoms. The van der Waals surface area contributed by atoms with Crippen LogP contribution in [0.25, 0.3) is 11.0 Å². The maximum Gasteiger partial charge on any atom is 0.268 e. The Balaban J connectivity index is 2.07. The molecule has 0 atom stereocenters. The van der Waals surface area contributed by atoms with E-state index in [1.54, 1.807) is 31.4 Å². The monoisotopic (exact) mass is 338 g/mol. The molecule has 0 spiro atoms. The molecule has 0 saturated carbocycles. The van der Waals surface area contributed by atoms with Crippen LogP contribution in [-0.4, -0.2) is 18.2 Å². The molecule has 0 saturated heterocycles. The molecule has 2 aromatic carbocycles. The summed E-state index contributed by atoms with van der Waals surface area (Å²) < 4.78 is 10.7. The van der Waals surface area contributed by atoms with Crippen LogP contribution in [0.1, 0.15) is 21.5 Å². The number of nitrogens with one attached hydrogen (secondary N) is 1. The van der Waals surface area contributed by atoms with Gasteiger partial charge >= 0.3 is 0 Å². The van der Waals surface area contributed by atoms with Gasteiger partial charge in [0.15, 0.2) is 0 Å². The second-order valence-corrected chi connectivity index (χ2v) is 5.67. The van der Waals surface area contributed by atoms with Crippen molar-refractivity contribution in [1.29, 1.82) is 0 Å². The van der Waals surface area contributed by atoms with Crippen LogP contribution in [-0.2, 0) is 0 Å². The minimum atomic E-state index is -0.421. The summed E-state index contributed by atoms with van der Waals surface area (Å²) in [6.45, 7) is 3.90. The van der Waals surface area contributed by atoms with Crippen LogP contribution in [0, 0.1) is 13.8 Å². The van der Waals surface area contributed by atoms with E-state index < -0.39 is 5.91 Å². The van der Waals surface area contributed by atoms with Gasteiger partial charge in [-0.25, -0.2) is 0 Å². The molecule has 0 fully saturated rings. The molecule has 6 nitrogen and oxygen atoms in total. The summed E-state index contributed by atoms with van der Waals surface area (Å²) in [5.41, 5.74) is 3.19. The molecule has 0 aliphatic heterocycles. The quantitative estimate of drug-likeness (QED) is 0.564. The molecule has 1 amide bonds. The summed E-state index contributed by atoms with van der Waals surface area (Å²) in [6, 6.07) is 12.4. The van der Waals surface area contributed by atoms with Gasteiger partial charge in [0, 0.05) is 11.1 Å². The van der Waals surface area contributed by atoms with E-state index >= 15 is 0 Å². The van der Waals surface area contributed by atoms with Crippen molar-refractivity contribution < 1.29 is 19.2 Å². The Kier molecular flexibility index (Phi) is 4.43. The van der Waals surface area contributed by atoms with E-state index in [2.05, 4.69) is 10.5 Å². The van der Waals surface area contributed by atoms with Gasteiger partial charge in [-0.2, -0.15) is 0 Å². The van der Waals surface area contributed by atoms with Gasteiger partial charge in [-0.3, -0.25) is 4.79 Å². The zero-order valence-electron chi connectivity index (χ0n) is 14.2. The van der Waals surface area contributed by atoms with Gasteiger partial charge in [0.2, 0.25) is 0 Å². The second-order valence-electron chi connectivity index (χ2n) is 5.67. The van der Waals surface area contributed by atoms with Crippen LogP contribution in [0.4, 0.5) is 5.69 Å². The Morgan fingerprint density at radius 3 is 2.72 bits per heavy atom. The van der Waals surface area contributed by atoms with Gasteiger partial charge in [0.1, 0.15) is 16.9 Å². The highest BCUT2D eigenvalue weighted by molar-refractivity contribution is 6.05. The number of carbonyl (C=O) groups excluding carboxylic acids is 1. The molecule has 0 bridgehead atoms. The van der Waals surface area contributed by atoms with Crippen molar-refractivity contribution in [1.82, 2.24) is 0 Å². The van der Waals surface area contributed by atoms with E-state index in [-0.39, 0.29) is 11.1 Å². The number of ether oxygens (including phenoxy) is 1. The lowest BCUT2D eigenvalue weighted by Gasteiger charge is -2.11. The van der Waals surface area contributed by atoms with Crippen molar-refractivity contribution in [2.24, 2.45) is 5.16 Å². The molecule has 0 unspecified atom stereocenters. The molecule has 0 aliphatic carbocycles. The summed E-state index contributed by atoms with van der Waals surface area (Å²) in [5, 5.41) is 15.8. The molecular weight excluding hydrogens is 320 g/mol. The van der Waals surface area contributed by atoms with E-state index in [1.807, 2.05) is 32.0 Å². The fourth-order valence-electron chi connectivity index (χ4n) is 2.55. The van der Waals surface area contributed by atoms with Crippen molar-refractivity contribution in [3.05, 3.63) is 64.7 Å². The van der Waals surface area contributed by atoms with Crippen molar-refractivity contribution in [2.75, 3.05) is 12.4 Å². The molecule has 0 aliphatic rings. The van der Waals surface area contributed by atoms with Crippen LogP contribution in [0.5, 0.6) is 5.75 Å². The summed E-state index contributed by atoms with van der Waals surface area (Å²) in [7, 11) is 1.56. The Bertz CT molecular complexity index is 1020. The first-order valence-electron chi connectivity index (χ1n) is 7.71. The first kappa shape index (κ1) is 16.6. The number of rotatable bonds is 3. The highest BCUT2D eigenvalue weighted by Crippen LogP contribution is 2.22. The van der Waals surface area contributed by atoms with Crippen molar-refractivity contribution in [2.45, 2.75) is 13.8 Å². The van der Waals surface area contributed by atoms with E-state index in [4.69, 9.17) is 9.15 Å². The van der Waals surface area contributed by atoms with Crippen molar-refractivity contribution >= 4 is 22.6 Å². The van der Waals surface area contributed by atoms with Gasteiger partial charge in [-0.15, -0.1) is 0 Å². The summed E-state index contributed by atoms with van der Waals surface area (Å²) in [6.07, 6.45) is 0. The molecule has 1 heterocycles. The first-order valence-corrected chi connectivity index (χ1v) is 7.71. The summed E-state index contributed by atoms with van der Waals surface area (Å²) >= 11 is 0. The van der Waals surface area contributed by atoms with E-state index in [9.17, 15) is 10.0 Å². The number of carbonyl (C=O) groups is 1. The van der Waals surface area contributed by atoms with Gasteiger partial charge in [0.05, 0.1) is 7.11 Å². The number of fused-ring (bicyclic) bond motifs is 1. The van der Waals surface area contributed by atoms with Crippen molar-refractivity contribution in [3.63, 3.8) is 0 Å². The predicted molar refractivity (Wildman–Crippen MR) is 94.0 cm³/mol. The maximum atomic E-state index is 12.7. The number of amides is 1. The van der Waals surface area contributed by atoms with Gasteiger partial charge in [0.25, 0.3) is 11.5 Å². The molecule has 0 radical (unpaired) electrons. The molecule has 128 valence electrons. The lowest BCUT2D eigenvalue weighted by atomic mass is 10.1. The normalized spacial score (nSPS) is 11.6. The third-order valence-corrected chi connectivity index (χ3v) is 4.14. The van der Waals surface area contributed by atoms with Crippen molar-refractivity contribution in [3.8, 4) is 5.75 Å². The third-order valence-electron chi connectivity index (χ3n) is 4.14. The average molecular weight is 338 g/mol. The lowest BCUT2D eigenvalue weighted by molar-refractivity contribution is 0.102. The van der Waals surface area contributed by atoms with Crippen LogP contribution in [0.3, 0.4) is 0 Å². The zero-order chi connectivity index (χ0) is 18.0. The van der Waals surface area contributed by atoms with Gasteiger partial charge < -0.3 is 19.7 Å². The molecular formula is C19H18N2O4. The average Bonchev–Trinajstić information content (AvgIpc) is 2.63. The third kappa shape index (κ3) is 3.19. The second kappa shape index (κ2) is 6.68. The van der Waals surface area contributed by atoms with E-state index in [0.29, 0.717) is 22.4 Å². The minimum absolute atomic E-state index is 0.129. The molecule has 1 aromatic heterocycles. The van der Waals surface area contributed by atoms with E-state index in [0.717, 1.165) is 11.1 Å². The topological polar surface area (TPSA) is 84.1 Å². The highest BCUT2D eigenvalue weighted by Gasteiger charge is 2.15. The van der Waals surface area contributed by atoms with Crippen LogP contribution in [0.15, 0.2) is 52.0 Å². The number of hydrogen-bond donors (Lipinski definition) is 2. The van der Waals surface area contributed by atoms with Gasteiger partial charge in [-0.05, 0) is 60.5 Å². The Morgan fingerprint density at radius 1 is 1.20 bits per heavy atom. The number of hydrogen-bond acceptors (Lipinski definition) is 5. The lowest BCUT2D eigenvalue weighted by Crippen LogP contribution is -2.22. The van der Waals surface area contributed by atoms with Crippen LogP contribution >= 0.6 is 0 Å². The zero-order valence-corrected chi connectivity index (χ0v) is 14.2. The first-order chi connectivity index (χ1) is 12.0. The smallest absolute Gasteiger partial charge is 0.268 e. The minimum Gasteiger partial charge on any atom is -0.497 e. The molecule has 2 N–H and O–H groups in total. The van der Waals surface area contributed by atoms with E-state index in [1.165, 1.54) is 0 Å². The number of aryl methyl sites for hydroxylation is 1. The molecule has 3 aromatic rings. The Labute approximate surface area is 144 Å².